The quantitative estimate of drug-likeness (QED) is 0.589. The SMILES string of the molecule is CCN(CC)S(=O)(=O)c1ccc(Cl)c(C(=O)NC(C)c2cc3ccccc3o2)c1. The first-order valence-corrected chi connectivity index (χ1v) is 11.2. The molecule has 6 nitrogen and oxygen atoms in total. The lowest BCUT2D eigenvalue weighted by atomic mass is 10.1. The van der Waals surface area contributed by atoms with Gasteiger partial charge < -0.3 is 9.73 Å². The summed E-state index contributed by atoms with van der Waals surface area (Å²) in [5.41, 5.74) is 0.830. The van der Waals surface area contributed by atoms with Crippen molar-refractivity contribution in [2.24, 2.45) is 0 Å². The molecule has 0 saturated carbocycles. The van der Waals surface area contributed by atoms with Crippen LogP contribution in [0.25, 0.3) is 11.0 Å². The zero-order chi connectivity index (χ0) is 21.2. The van der Waals surface area contributed by atoms with Crippen molar-refractivity contribution < 1.29 is 17.6 Å². The summed E-state index contributed by atoms with van der Waals surface area (Å²) in [4.78, 5) is 12.8. The van der Waals surface area contributed by atoms with Gasteiger partial charge in [-0.2, -0.15) is 4.31 Å². The fourth-order valence-corrected chi connectivity index (χ4v) is 4.80. The van der Waals surface area contributed by atoms with Crippen LogP contribution in [0.5, 0.6) is 0 Å². The summed E-state index contributed by atoms with van der Waals surface area (Å²) in [5.74, 6) is 0.127. The third kappa shape index (κ3) is 4.32. The number of fused-ring (bicyclic) bond motifs is 1. The van der Waals surface area contributed by atoms with Gasteiger partial charge in [0.2, 0.25) is 10.0 Å². The Kier molecular flexibility index (Phi) is 6.31. The number of rotatable bonds is 7. The van der Waals surface area contributed by atoms with E-state index in [2.05, 4.69) is 5.32 Å². The Morgan fingerprint density at radius 3 is 2.48 bits per heavy atom. The third-order valence-corrected chi connectivity index (χ3v) is 7.12. The Bertz CT molecular complexity index is 1100. The van der Waals surface area contributed by atoms with Gasteiger partial charge in [-0.1, -0.05) is 43.6 Å². The molecule has 0 aliphatic heterocycles. The fourth-order valence-electron chi connectivity index (χ4n) is 3.11. The molecule has 1 amide bonds. The summed E-state index contributed by atoms with van der Waals surface area (Å²) in [6.07, 6.45) is 0. The molecule has 1 unspecified atom stereocenters. The summed E-state index contributed by atoms with van der Waals surface area (Å²) in [5, 5.41) is 3.94. The number of hydrogen-bond acceptors (Lipinski definition) is 4. The number of sulfonamides is 1. The van der Waals surface area contributed by atoms with Crippen molar-refractivity contribution in [1.82, 2.24) is 9.62 Å². The Morgan fingerprint density at radius 1 is 1.14 bits per heavy atom. The van der Waals surface area contributed by atoms with Crippen molar-refractivity contribution in [1.29, 1.82) is 0 Å². The molecule has 1 atom stereocenters. The van der Waals surface area contributed by atoms with E-state index in [-0.39, 0.29) is 15.5 Å². The number of amides is 1. The Hall–Kier alpha value is -2.35. The van der Waals surface area contributed by atoms with Gasteiger partial charge in [0.1, 0.15) is 11.3 Å². The number of hydrogen-bond donors (Lipinski definition) is 1. The van der Waals surface area contributed by atoms with E-state index in [0.717, 1.165) is 11.0 Å². The van der Waals surface area contributed by atoms with Gasteiger partial charge in [-0.3, -0.25) is 4.79 Å². The smallest absolute Gasteiger partial charge is 0.253 e. The topological polar surface area (TPSA) is 79.6 Å². The Labute approximate surface area is 175 Å². The van der Waals surface area contributed by atoms with Gasteiger partial charge in [-0.05, 0) is 37.3 Å². The first kappa shape index (κ1) is 21.4. The van der Waals surface area contributed by atoms with E-state index >= 15 is 0 Å². The molecule has 0 saturated heterocycles. The minimum absolute atomic E-state index is 0.0344. The van der Waals surface area contributed by atoms with Crippen LogP contribution in [0.1, 0.15) is 42.9 Å². The van der Waals surface area contributed by atoms with Gasteiger partial charge in [0.05, 0.1) is 21.5 Å². The summed E-state index contributed by atoms with van der Waals surface area (Å²) in [6.45, 7) is 6.00. The van der Waals surface area contributed by atoms with Gasteiger partial charge in [-0.15, -0.1) is 0 Å². The zero-order valence-electron chi connectivity index (χ0n) is 16.5. The second-order valence-corrected chi connectivity index (χ2v) is 8.96. The lowest BCUT2D eigenvalue weighted by Crippen LogP contribution is -2.31. The molecule has 1 heterocycles. The average molecular weight is 435 g/mol. The van der Waals surface area contributed by atoms with Crippen LogP contribution in [-0.2, 0) is 10.0 Å². The summed E-state index contributed by atoms with van der Waals surface area (Å²) >= 11 is 6.19. The molecule has 1 aromatic heterocycles. The maximum atomic E-state index is 12.8. The van der Waals surface area contributed by atoms with Crippen molar-refractivity contribution in [2.75, 3.05) is 13.1 Å². The number of nitrogens with zero attached hydrogens (tertiary/aromatic N) is 1. The standard InChI is InChI=1S/C21H23ClN2O4S/c1-4-24(5-2)29(26,27)16-10-11-18(22)17(13-16)21(25)23-14(3)20-12-15-8-6-7-9-19(15)28-20/h6-14H,4-5H2,1-3H3,(H,23,25). The molecule has 0 radical (unpaired) electrons. The molecule has 2 aromatic carbocycles. The van der Waals surface area contributed by atoms with Gasteiger partial charge in [-0.25, -0.2) is 8.42 Å². The van der Waals surface area contributed by atoms with Crippen LogP contribution < -0.4 is 5.32 Å². The molecule has 3 rings (SSSR count). The van der Waals surface area contributed by atoms with E-state index in [1.54, 1.807) is 20.8 Å². The first-order chi connectivity index (χ1) is 13.8. The highest BCUT2D eigenvalue weighted by molar-refractivity contribution is 7.89. The molecule has 0 bridgehead atoms. The molecule has 3 aromatic rings. The lowest BCUT2D eigenvalue weighted by molar-refractivity contribution is 0.0935. The predicted molar refractivity (Wildman–Crippen MR) is 114 cm³/mol. The highest BCUT2D eigenvalue weighted by Crippen LogP contribution is 2.26. The van der Waals surface area contributed by atoms with Crippen molar-refractivity contribution in [3.05, 3.63) is 64.9 Å². The van der Waals surface area contributed by atoms with E-state index in [0.29, 0.717) is 18.8 Å². The highest BCUT2D eigenvalue weighted by Gasteiger charge is 2.24. The molecule has 0 aliphatic rings. The first-order valence-electron chi connectivity index (χ1n) is 9.37. The molecule has 8 heteroatoms. The Morgan fingerprint density at radius 2 is 1.83 bits per heavy atom. The molecule has 0 aliphatic carbocycles. The summed E-state index contributed by atoms with van der Waals surface area (Å²) in [7, 11) is -3.70. The molecular formula is C21H23ClN2O4S. The maximum Gasteiger partial charge on any atom is 0.253 e. The number of carbonyl (C=O) groups is 1. The second kappa shape index (κ2) is 8.57. The van der Waals surface area contributed by atoms with Crippen molar-refractivity contribution in [2.45, 2.75) is 31.7 Å². The van der Waals surface area contributed by atoms with Crippen molar-refractivity contribution in [3.8, 4) is 0 Å². The van der Waals surface area contributed by atoms with Crippen LogP contribution in [0.15, 0.2) is 57.8 Å². The fraction of sp³-hybridized carbons (Fsp3) is 0.286. The third-order valence-electron chi connectivity index (χ3n) is 4.74. The monoisotopic (exact) mass is 434 g/mol. The van der Waals surface area contributed by atoms with Crippen LogP contribution in [0.4, 0.5) is 0 Å². The minimum atomic E-state index is -3.70. The minimum Gasteiger partial charge on any atom is -0.459 e. The van der Waals surface area contributed by atoms with Crippen LogP contribution in [0.2, 0.25) is 5.02 Å². The second-order valence-electron chi connectivity index (χ2n) is 6.61. The molecular weight excluding hydrogens is 412 g/mol. The van der Waals surface area contributed by atoms with E-state index in [9.17, 15) is 13.2 Å². The molecule has 0 fully saturated rings. The number of furan rings is 1. The molecule has 154 valence electrons. The molecule has 0 spiro atoms. The maximum absolute atomic E-state index is 12.8. The summed E-state index contributed by atoms with van der Waals surface area (Å²) in [6, 6.07) is 13.2. The number of halogens is 1. The van der Waals surface area contributed by atoms with Crippen LogP contribution in [0.3, 0.4) is 0 Å². The van der Waals surface area contributed by atoms with Crippen molar-refractivity contribution in [3.63, 3.8) is 0 Å². The number of para-hydroxylation sites is 1. The van der Waals surface area contributed by atoms with Gasteiger partial charge in [0, 0.05) is 18.5 Å². The summed E-state index contributed by atoms with van der Waals surface area (Å²) < 4.78 is 32.6. The van der Waals surface area contributed by atoms with E-state index in [4.69, 9.17) is 16.0 Å². The average Bonchev–Trinajstić information content (AvgIpc) is 3.13. The van der Waals surface area contributed by atoms with E-state index in [1.807, 2.05) is 30.3 Å². The predicted octanol–water partition coefficient (Wildman–Crippen LogP) is 4.61. The van der Waals surface area contributed by atoms with Crippen molar-refractivity contribution >= 4 is 38.5 Å². The Balaban J connectivity index is 1.87. The number of nitrogens with one attached hydrogen (secondary N) is 1. The van der Waals surface area contributed by atoms with E-state index in [1.165, 1.54) is 22.5 Å². The molecule has 29 heavy (non-hydrogen) atoms. The molecule has 1 N–H and O–H groups in total. The highest BCUT2D eigenvalue weighted by atomic mass is 35.5. The number of carbonyl (C=O) groups excluding carboxylic acids is 1. The largest absolute Gasteiger partial charge is 0.459 e. The normalized spacial score (nSPS) is 13.0. The van der Waals surface area contributed by atoms with Gasteiger partial charge in [0.15, 0.2) is 0 Å². The van der Waals surface area contributed by atoms with E-state index < -0.39 is 22.0 Å². The zero-order valence-corrected chi connectivity index (χ0v) is 18.0. The van der Waals surface area contributed by atoms with Crippen LogP contribution in [0, 0.1) is 0 Å². The number of benzene rings is 2. The lowest BCUT2D eigenvalue weighted by Gasteiger charge is -2.19. The van der Waals surface area contributed by atoms with Gasteiger partial charge >= 0.3 is 0 Å². The van der Waals surface area contributed by atoms with Crippen LogP contribution in [-0.4, -0.2) is 31.7 Å². The van der Waals surface area contributed by atoms with Gasteiger partial charge in [0.25, 0.3) is 5.91 Å². The van der Waals surface area contributed by atoms with Crippen LogP contribution >= 0.6 is 11.6 Å².